The molecule has 0 spiro atoms. The Morgan fingerprint density at radius 3 is 2.33 bits per heavy atom. The minimum Gasteiger partial charge on any atom is -0.468 e. The highest BCUT2D eigenvalue weighted by molar-refractivity contribution is 7.59. The first-order chi connectivity index (χ1) is 2.41. The molecule has 0 aliphatic carbocycles. The Morgan fingerprint density at radius 2 is 2.33 bits per heavy atom. The number of ether oxygens (including phenoxy) is 1. The van der Waals surface area contributed by atoms with Crippen LogP contribution >= 0.6 is 13.5 Å². The van der Waals surface area contributed by atoms with E-state index in [0.29, 0.717) is 13.1 Å². The molecule has 0 rings (SSSR count). The van der Waals surface area contributed by atoms with Gasteiger partial charge in [0.1, 0.15) is 0 Å². The zero-order chi connectivity index (χ0) is 4.12. The largest absolute Gasteiger partial charge is 0.468 e. The summed E-state index contributed by atoms with van der Waals surface area (Å²) in [5.74, 6) is 0. The fourth-order valence-electron chi connectivity index (χ4n) is 0.0680. The molecule has 0 aromatic carbocycles. The lowest BCUT2D eigenvalue weighted by atomic mass is 10.9. The van der Waals surface area contributed by atoms with Crippen LogP contribution in [0.25, 0.3) is 0 Å². The average molecular weight is 108 g/mol. The summed E-state index contributed by atoms with van der Waals surface area (Å²) in [7, 11) is 0. The van der Waals surface area contributed by atoms with Gasteiger partial charge in [-0.2, -0.15) is 13.5 Å². The van der Waals surface area contributed by atoms with Crippen molar-refractivity contribution in [2.75, 3.05) is 6.61 Å². The lowest BCUT2D eigenvalue weighted by molar-refractivity contribution is -0.128. The molecule has 0 N–H and O–H groups in total. The fourth-order valence-corrected chi connectivity index (χ4v) is 0.0680. The van der Waals surface area contributed by atoms with Crippen molar-refractivity contribution < 1.29 is 9.53 Å². The molecule has 0 aliphatic heterocycles. The summed E-state index contributed by atoms with van der Waals surface area (Å²) in [6.45, 7) is 2.66. The Morgan fingerprint density at radius 1 is 1.83 bits per heavy atom. The van der Waals surface area contributed by atoms with Crippen LogP contribution in [0, 0.1) is 0 Å². The molecule has 0 fully saturated rings. The highest BCUT2D eigenvalue weighted by atomic mass is 32.1. The quantitative estimate of drug-likeness (QED) is 0.475. The molecule has 3 heteroatoms. The topological polar surface area (TPSA) is 26.3 Å². The summed E-state index contributed by atoms with van der Waals surface area (Å²) in [6, 6.07) is 0. The fraction of sp³-hybridized carbons (Fsp3) is 0.667. The normalized spacial score (nSPS) is 5.50. The van der Waals surface area contributed by atoms with Crippen molar-refractivity contribution in [3.8, 4) is 0 Å². The Kier molecular flexibility index (Phi) is 13.7. The van der Waals surface area contributed by atoms with Crippen LogP contribution in [-0.2, 0) is 9.53 Å². The Balaban J connectivity index is 0. The molecule has 38 valence electrons. The van der Waals surface area contributed by atoms with Crippen LogP contribution in [0.1, 0.15) is 6.92 Å². The maximum Gasteiger partial charge on any atom is 0.293 e. The summed E-state index contributed by atoms with van der Waals surface area (Å²) < 4.78 is 4.15. The Hall–Kier alpha value is -0.180. The summed E-state index contributed by atoms with van der Waals surface area (Å²) in [5, 5.41) is 0. The van der Waals surface area contributed by atoms with E-state index >= 15 is 0 Å². The number of rotatable bonds is 2. The van der Waals surface area contributed by atoms with Gasteiger partial charge >= 0.3 is 0 Å². The van der Waals surface area contributed by atoms with E-state index in [1.54, 1.807) is 6.92 Å². The standard InChI is InChI=1S/C3H6O2.H2S/c1-2-5-3-4;/h3H,2H2,1H3;1H2. The predicted molar refractivity (Wildman–Crippen MR) is 28.1 cm³/mol. The third kappa shape index (κ3) is 9.17. The molecule has 0 saturated carbocycles. The van der Waals surface area contributed by atoms with Crippen LogP contribution in [0.3, 0.4) is 0 Å². The molecule has 0 amide bonds. The van der Waals surface area contributed by atoms with Crippen LogP contribution in [-0.4, -0.2) is 13.1 Å². The molecular weight excluding hydrogens is 100 g/mol. The second-order valence-electron chi connectivity index (χ2n) is 0.552. The molecule has 6 heavy (non-hydrogen) atoms. The van der Waals surface area contributed by atoms with E-state index in [0.717, 1.165) is 0 Å². The summed E-state index contributed by atoms with van der Waals surface area (Å²) >= 11 is 0. The number of hydrogen-bond acceptors (Lipinski definition) is 2. The number of carbonyl (C=O) groups is 1. The lowest BCUT2D eigenvalue weighted by Crippen LogP contribution is -1.80. The molecule has 0 heterocycles. The molecule has 0 radical (unpaired) electrons. The van der Waals surface area contributed by atoms with E-state index in [9.17, 15) is 4.79 Å². The molecular formula is C3H8O2S. The van der Waals surface area contributed by atoms with Crippen LogP contribution in [0.15, 0.2) is 0 Å². The van der Waals surface area contributed by atoms with Crippen molar-refractivity contribution in [1.29, 1.82) is 0 Å². The van der Waals surface area contributed by atoms with Gasteiger partial charge in [0, 0.05) is 0 Å². The van der Waals surface area contributed by atoms with Crippen LogP contribution in [0.2, 0.25) is 0 Å². The smallest absolute Gasteiger partial charge is 0.293 e. The minimum atomic E-state index is 0. The summed E-state index contributed by atoms with van der Waals surface area (Å²) in [6.07, 6.45) is 0. The summed E-state index contributed by atoms with van der Waals surface area (Å²) in [5.41, 5.74) is 0. The molecule has 0 unspecified atom stereocenters. The van der Waals surface area contributed by atoms with Gasteiger partial charge < -0.3 is 4.74 Å². The van der Waals surface area contributed by atoms with Crippen molar-refractivity contribution in [1.82, 2.24) is 0 Å². The highest BCUT2D eigenvalue weighted by Gasteiger charge is 1.60. The van der Waals surface area contributed by atoms with Crippen molar-refractivity contribution in [2.45, 2.75) is 6.92 Å². The van der Waals surface area contributed by atoms with Gasteiger partial charge in [0.15, 0.2) is 0 Å². The predicted octanol–water partition coefficient (Wildman–Crippen LogP) is 0.292. The molecule has 0 atom stereocenters. The van der Waals surface area contributed by atoms with Crippen molar-refractivity contribution in [3.63, 3.8) is 0 Å². The SMILES string of the molecule is CCOC=O.S. The van der Waals surface area contributed by atoms with Crippen LogP contribution in [0.4, 0.5) is 0 Å². The molecule has 0 bridgehead atoms. The highest BCUT2D eigenvalue weighted by Crippen LogP contribution is 1.55. The van der Waals surface area contributed by atoms with Gasteiger partial charge in [-0.25, -0.2) is 0 Å². The number of hydrogen-bond donors (Lipinski definition) is 0. The summed E-state index contributed by atoms with van der Waals surface area (Å²) in [4.78, 5) is 9.18. The van der Waals surface area contributed by atoms with Crippen molar-refractivity contribution in [2.24, 2.45) is 0 Å². The molecule has 2 nitrogen and oxygen atoms in total. The van der Waals surface area contributed by atoms with Gasteiger partial charge in [0.2, 0.25) is 0 Å². The first-order valence-corrected chi connectivity index (χ1v) is 1.47. The monoisotopic (exact) mass is 108 g/mol. The van der Waals surface area contributed by atoms with E-state index in [1.807, 2.05) is 0 Å². The van der Waals surface area contributed by atoms with Gasteiger partial charge in [-0.15, -0.1) is 0 Å². The molecule has 0 aromatic rings. The van der Waals surface area contributed by atoms with E-state index < -0.39 is 0 Å². The zero-order valence-corrected chi connectivity index (χ0v) is 4.60. The third-order valence-electron chi connectivity index (χ3n) is 0.235. The average Bonchev–Trinajstić information content (AvgIpc) is 1.41. The van der Waals surface area contributed by atoms with Crippen LogP contribution < -0.4 is 0 Å². The first-order valence-electron chi connectivity index (χ1n) is 1.47. The second kappa shape index (κ2) is 8.84. The lowest BCUT2D eigenvalue weighted by Gasteiger charge is -1.79. The molecule has 0 saturated heterocycles. The minimum absolute atomic E-state index is 0. The second-order valence-corrected chi connectivity index (χ2v) is 0.552. The Labute approximate surface area is 43.9 Å². The Bertz CT molecular complexity index is 30.0. The van der Waals surface area contributed by atoms with E-state index in [1.165, 1.54) is 0 Å². The van der Waals surface area contributed by atoms with Gasteiger partial charge in [-0.1, -0.05) is 0 Å². The molecule has 0 aromatic heterocycles. The van der Waals surface area contributed by atoms with E-state index in [2.05, 4.69) is 4.74 Å². The maximum absolute atomic E-state index is 9.18. The van der Waals surface area contributed by atoms with E-state index in [-0.39, 0.29) is 13.5 Å². The van der Waals surface area contributed by atoms with Crippen molar-refractivity contribution in [3.05, 3.63) is 0 Å². The van der Waals surface area contributed by atoms with Crippen molar-refractivity contribution >= 4 is 20.0 Å². The van der Waals surface area contributed by atoms with E-state index in [4.69, 9.17) is 0 Å². The van der Waals surface area contributed by atoms with Gasteiger partial charge in [-0.05, 0) is 6.92 Å². The molecule has 0 aliphatic rings. The third-order valence-corrected chi connectivity index (χ3v) is 0.235. The van der Waals surface area contributed by atoms with Gasteiger partial charge in [0.05, 0.1) is 6.61 Å². The van der Waals surface area contributed by atoms with Gasteiger partial charge in [-0.3, -0.25) is 4.79 Å². The number of carbonyl (C=O) groups excluding carboxylic acids is 1. The zero-order valence-electron chi connectivity index (χ0n) is 3.60. The maximum atomic E-state index is 9.18. The first kappa shape index (κ1) is 9.27. The van der Waals surface area contributed by atoms with Gasteiger partial charge in [0.25, 0.3) is 6.47 Å². The van der Waals surface area contributed by atoms with Crippen LogP contribution in [0.5, 0.6) is 0 Å².